The molecular weight excluding hydrogens is 136 g/mol. The lowest BCUT2D eigenvalue weighted by atomic mass is 10.2. The predicted octanol–water partition coefficient (Wildman–Crippen LogP) is 1.46. The van der Waals surface area contributed by atoms with Gasteiger partial charge in [-0.15, -0.1) is 0 Å². The Bertz CT molecular complexity index is 99.2. The van der Waals surface area contributed by atoms with Crippen LogP contribution in [0.1, 0.15) is 13.8 Å². The second-order valence-electron chi connectivity index (χ2n) is 2.29. The highest BCUT2D eigenvalue weighted by atomic mass is 35.5. The minimum absolute atomic E-state index is 0.490. The number of hydrogen-bond acceptors (Lipinski definition) is 1. The van der Waals surface area contributed by atoms with Crippen LogP contribution in [-0.2, 0) is 0 Å². The summed E-state index contributed by atoms with van der Waals surface area (Å²) in [4.78, 5) is 3.73. The van der Waals surface area contributed by atoms with E-state index < -0.39 is 0 Å². The van der Waals surface area contributed by atoms with E-state index in [2.05, 4.69) is 24.2 Å². The van der Waals surface area contributed by atoms with Gasteiger partial charge in [0.2, 0.25) is 0 Å². The SMILES string of the molecule is CN=C(Cl)NCC(C)C. The Balaban J connectivity index is 3.28. The first-order valence-electron chi connectivity index (χ1n) is 3.03. The van der Waals surface area contributed by atoms with E-state index in [4.69, 9.17) is 11.6 Å². The normalized spacial score (nSPS) is 12.3. The smallest absolute Gasteiger partial charge is 0.190 e. The van der Waals surface area contributed by atoms with Crippen LogP contribution in [0.5, 0.6) is 0 Å². The van der Waals surface area contributed by atoms with Crippen molar-refractivity contribution in [2.24, 2.45) is 10.9 Å². The molecule has 3 heteroatoms. The first-order valence-corrected chi connectivity index (χ1v) is 3.40. The maximum absolute atomic E-state index is 5.55. The summed E-state index contributed by atoms with van der Waals surface area (Å²) < 4.78 is 0. The molecule has 2 nitrogen and oxygen atoms in total. The molecule has 0 aromatic carbocycles. The molecule has 0 unspecified atom stereocenters. The van der Waals surface area contributed by atoms with Gasteiger partial charge in [-0.1, -0.05) is 13.8 Å². The van der Waals surface area contributed by atoms with Gasteiger partial charge in [0.15, 0.2) is 5.29 Å². The van der Waals surface area contributed by atoms with E-state index in [1.54, 1.807) is 7.05 Å². The summed E-state index contributed by atoms with van der Waals surface area (Å²) in [5.74, 6) is 0.612. The molecule has 0 aliphatic heterocycles. The fraction of sp³-hybridized carbons (Fsp3) is 0.833. The van der Waals surface area contributed by atoms with Gasteiger partial charge in [-0.05, 0) is 17.5 Å². The van der Waals surface area contributed by atoms with Gasteiger partial charge in [0.25, 0.3) is 0 Å². The predicted molar refractivity (Wildman–Crippen MR) is 42.1 cm³/mol. The lowest BCUT2D eigenvalue weighted by Gasteiger charge is -2.04. The zero-order chi connectivity index (χ0) is 7.28. The summed E-state index contributed by atoms with van der Waals surface area (Å²) in [6.07, 6.45) is 0. The number of aliphatic imine (C=N–C) groups is 1. The van der Waals surface area contributed by atoms with Gasteiger partial charge in [0, 0.05) is 13.6 Å². The molecular formula is C6H13ClN2. The van der Waals surface area contributed by atoms with Crippen LogP contribution < -0.4 is 5.32 Å². The zero-order valence-corrected chi connectivity index (χ0v) is 6.87. The van der Waals surface area contributed by atoms with Crippen molar-refractivity contribution in [3.8, 4) is 0 Å². The monoisotopic (exact) mass is 148 g/mol. The van der Waals surface area contributed by atoms with Crippen LogP contribution in [0.2, 0.25) is 0 Å². The van der Waals surface area contributed by atoms with E-state index in [1.807, 2.05) is 0 Å². The molecule has 0 aliphatic rings. The maximum Gasteiger partial charge on any atom is 0.190 e. The number of nitrogens with zero attached hydrogens (tertiary/aromatic N) is 1. The van der Waals surface area contributed by atoms with Crippen LogP contribution in [0.25, 0.3) is 0 Å². The molecule has 0 fully saturated rings. The summed E-state index contributed by atoms with van der Waals surface area (Å²) in [6.45, 7) is 5.12. The third-order valence-electron chi connectivity index (χ3n) is 0.853. The molecule has 0 spiro atoms. The van der Waals surface area contributed by atoms with Gasteiger partial charge in [-0.2, -0.15) is 0 Å². The molecule has 0 amide bonds. The van der Waals surface area contributed by atoms with E-state index in [9.17, 15) is 0 Å². The van der Waals surface area contributed by atoms with Crippen molar-refractivity contribution < 1.29 is 0 Å². The number of nitrogens with one attached hydrogen (secondary N) is 1. The Hall–Kier alpha value is -0.240. The molecule has 0 aromatic rings. The minimum atomic E-state index is 0.490. The summed E-state index contributed by atoms with van der Waals surface area (Å²) in [5, 5.41) is 3.44. The second kappa shape index (κ2) is 4.62. The Labute approximate surface area is 61.3 Å². The summed E-state index contributed by atoms with van der Waals surface area (Å²) in [7, 11) is 1.66. The molecule has 0 heterocycles. The molecule has 0 radical (unpaired) electrons. The van der Waals surface area contributed by atoms with Gasteiger partial charge < -0.3 is 5.32 Å². The highest BCUT2D eigenvalue weighted by Crippen LogP contribution is 1.88. The lowest BCUT2D eigenvalue weighted by molar-refractivity contribution is 0.627. The highest BCUT2D eigenvalue weighted by Gasteiger charge is 1.93. The van der Waals surface area contributed by atoms with Crippen LogP contribution in [-0.4, -0.2) is 18.9 Å². The van der Waals surface area contributed by atoms with Crippen molar-refractivity contribution in [2.45, 2.75) is 13.8 Å². The second-order valence-corrected chi connectivity index (χ2v) is 2.65. The lowest BCUT2D eigenvalue weighted by Crippen LogP contribution is -2.22. The number of hydrogen-bond donors (Lipinski definition) is 1. The van der Waals surface area contributed by atoms with Crippen molar-refractivity contribution in [1.82, 2.24) is 5.32 Å². The number of rotatable bonds is 2. The van der Waals surface area contributed by atoms with Crippen molar-refractivity contribution in [2.75, 3.05) is 13.6 Å². The molecule has 0 saturated carbocycles. The van der Waals surface area contributed by atoms with E-state index in [0.29, 0.717) is 11.2 Å². The first kappa shape index (κ1) is 8.76. The summed E-state index contributed by atoms with van der Waals surface area (Å²) >= 11 is 5.55. The van der Waals surface area contributed by atoms with Gasteiger partial charge in [0.1, 0.15) is 0 Å². The highest BCUT2D eigenvalue weighted by molar-refractivity contribution is 6.64. The minimum Gasteiger partial charge on any atom is -0.360 e. The third-order valence-corrected chi connectivity index (χ3v) is 1.16. The Morgan fingerprint density at radius 2 is 2.22 bits per heavy atom. The number of amidine groups is 1. The van der Waals surface area contributed by atoms with Gasteiger partial charge in [-0.25, -0.2) is 0 Å². The molecule has 0 aliphatic carbocycles. The number of halogens is 1. The van der Waals surface area contributed by atoms with Gasteiger partial charge in [0.05, 0.1) is 0 Å². The largest absolute Gasteiger partial charge is 0.360 e. The van der Waals surface area contributed by atoms with Crippen LogP contribution in [0.15, 0.2) is 4.99 Å². The van der Waals surface area contributed by atoms with Crippen molar-refractivity contribution in [1.29, 1.82) is 0 Å². The Morgan fingerprint density at radius 1 is 1.67 bits per heavy atom. The molecule has 0 saturated heterocycles. The topological polar surface area (TPSA) is 24.4 Å². The molecule has 54 valence electrons. The quantitative estimate of drug-likeness (QED) is 0.358. The van der Waals surface area contributed by atoms with E-state index >= 15 is 0 Å². The zero-order valence-electron chi connectivity index (χ0n) is 6.11. The van der Waals surface area contributed by atoms with Gasteiger partial charge in [-0.3, -0.25) is 4.99 Å². The van der Waals surface area contributed by atoms with E-state index in [1.165, 1.54) is 0 Å². The van der Waals surface area contributed by atoms with Crippen molar-refractivity contribution >= 4 is 16.9 Å². The Kier molecular flexibility index (Phi) is 4.50. The standard InChI is InChI=1S/C6H13ClN2/c1-5(2)4-9-6(7)8-3/h5H,4H2,1-3H3,(H,8,9). The maximum atomic E-state index is 5.55. The average Bonchev–Trinajstić information content (AvgIpc) is 1.83. The molecule has 0 aromatic heterocycles. The molecule has 1 N–H and O–H groups in total. The van der Waals surface area contributed by atoms with Crippen LogP contribution in [0.4, 0.5) is 0 Å². The Morgan fingerprint density at radius 3 is 2.56 bits per heavy atom. The summed E-state index contributed by atoms with van der Waals surface area (Å²) in [6, 6.07) is 0. The van der Waals surface area contributed by atoms with Crippen LogP contribution >= 0.6 is 11.6 Å². The van der Waals surface area contributed by atoms with E-state index in [-0.39, 0.29) is 0 Å². The van der Waals surface area contributed by atoms with Crippen LogP contribution in [0.3, 0.4) is 0 Å². The van der Waals surface area contributed by atoms with Crippen molar-refractivity contribution in [3.63, 3.8) is 0 Å². The van der Waals surface area contributed by atoms with Gasteiger partial charge >= 0.3 is 0 Å². The van der Waals surface area contributed by atoms with Crippen molar-refractivity contribution in [3.05, 3.63) is 0 Å². The molecule has 0 bridgehead atoms. The molecule has 0 rings (SSSR count). The molecule has 0 atom stereocenters. The fourth-order valence-corrected chi connectivity index (χ4v) is 0.445. The summed E-state index contributed by atoms with van der Waals surface area (Å²) in [5.41, 5.74) is 0. The molecule has 9 heavy (non-hydrogen) atoms. The first-order chi connectivity index (χ1) is 4.16. The third kappa shape index (κ3) is 5.63. The average molecular weight is 149 g/mol. The van der Waals surface area contributed by atoms with Crippen LogP contribution in [0, 0.1) is 5.92 Å². The van der Waals surface area contributed by atoms with E-state index in [0.717, 1.165) is 6.54 Å². The fourth-order valence-electron chi connectivity index (χ4n) is 0.367.